The molecule has 2 rings (SSSR count). The van der Waals surface area contributed by atoms with E-state index in [0.29, 0.717) is 18.4 Å². The lowest BCUT2D eigenvalue weighted by Crippen LogP contribution is -2.47. The predicted molar refractivity (Wildman–Crippen MR) is 66.8 cm³/mol. The van der Waals surface area contributed by atoms with Gasteiger partial charge in [0.05, 0.1) is 0 Å². The minimum atomic E-state index is -0.681. The van der Waals surface area contributed by atoms with Gasteiger partial charge in [-0.25, -0.2) is 0 Å². The number of carbonyl (C=O) groups is 1. The van der Waals surface area contributed by atoms with E-state index in [9.17, 15) is 4.79 Å². The number of carboxylic acids is 1. The lowest BCUT2D eigenvalue weighted by molar-refractivity contribution is -0.137. The number of hydrogen-bond acceptors (Lipinski definition) is 2. The van der Waals surface area contributed by atoms with Crippen LogP contribution in [0.2, 0.25) is 0 Å². The Morgan fingerprint density at radius 3 is 2.65 bits per heavy atom. The van der Waals surface area contributed by atoms with E-state index in [2.05, 4.69) is 36.1 Å². The number of nitrogens with zero attached hydrogens (tertiary/aromatic N) is 1. The molecule has 1 fully saturated rings. The Morgan fingerprint density at radius 1 is 1.41 bits per heavy atom. The predicted octanol–water partition coefficient (Wildman–Crippen LogP) is 2.54. The van der Waals surface area contributed by atoms with Gasteiger partial charge in [0.25, 0.3) is 0 Å². The third-order valence-corrected chi connectivity index (χ3v) is 3.58. The van der Waals surface area contributed by atoms with Gasteiger partial charge in [-0.1, -0.05) is 30.3 Å². The first-order valence-electron chi connectivity index (χ1n) is 6.17. The lowest BCUT2D eigenvalue weighted by atomic mass is 9.91. The third-order valence-electron chi connectivity index (χ3n) is 3.58. The van der Waals surface area contributed by atoms with Crippen LogP contribution in [0.1, 0.15) is 31.4 Å². The molecule has 0 bridgehead atoms. The molecule has 0 aromatic heterocycles. The third kappa shape index (κ3) is 3.07. The highest BCUT2D eigenvalue weighted by molar-refractivity contribution is 5.66. The molecule has 1 N–H and O–H groups in total. The maximum absolute atomic E-state index is 10.5. The van der Waals surface area contributed by atoms with E-state index in [-0.39, 0.29) is 0 Å². The van der Waals surface area contributed by atoms with Gasteiger partial charge in [-0.05, 0) is 24.8 Å². The molecule has 1 aromatic carbocycles. The quantitative estimate of drug-likeness (QED) is 0.849. The van der Waals surface area contributed by atoms with Crippen molar-refractivity contribution in [2.24, 2.45) is 5.92 Å². The monoisotopic (exact) mass is 233 g/mol. The molecule has 92 valence electrons. The first-order chi connectivity index (χ1) is 8.16. The van der Waals surface area contributed by atoms with Crippen LogP contribution in [-0.4, -0.2) is 29.1 Å². The Kier molecular flexibility index (Phi) is 3.79. The van der Waals surface area contributed by atoms with Crippen molar-refractivity contribution >= 4 is 5.97 Å². The highest BCUT2D eigenvalue weighted by Gasteiger charge is 2.30. The summed E-state index contributed by atoms with van der Waals surface area (Å²) >= 11 is 0. The molecular formula is C14H19NO2. The van der Waals surface area contributed by atoms with E-state index in [1.54, 1.807) is 0 Å². The summed E-state index contributed by atoms with van der Waals surface area (Å²) in [6, 6.07) is 10.9. The van der Waals surface area contributed by atoms with Crippen molar-refractivity contribution < 1.29 is 9.90 Å². The van der Waals surface area contributed by atoms with Gasteiger partial charge < -0.3 is 5.11 Å². The molecule has 3 nitrogen and oxygen atoms in total. The van der Waals surface area contributed by atoms with Crippen LogP contribution in [0.3, 0.4) is 0 Å². The van der Waals surface area contributed by atoms with Gasteiger partial charge in [-0.3, -0.25) is 9.69 Å². The summed E-state index contributed by atoms with van der Waals surface area (Å²) in [5, 5.41) is 8.62. The number of benzene rings is 1. The zero-order valence-electron chi connectivity index (χ0n) is 10.2. The first kappa shape index (κ1) is 12.1. The minimum absolute atomic E-state index is 0.304. The van der Waals surface area contributed by atoms with Crippen LogP contribution in [0.5, 0.6) is 0 Å². The fourth-order valence-electron chi connectivity index (χ4n) is 2.38. The Balaban J connectivity index is 1.78. The van der Waals surface area contributed by atoms with Gasteiger partial charge in [0.1, 0.15) is 0 Å². The summed E-state index contributed by atoms with van der Waals surface area (Å²) in [6.45, 7) is 4.27. The van der Waals surface area contributed by atoms with Crippen molar-refractivity contribution in [3.63, 3.8) is 0 Å². The van der Waals surface area contributed by atoms with E-state index >= 15 is 0 Å². The summed E-state index contributed by atoms with van der Waals surface area (Å²) in [7, 11) is 0. The minimum Gasteiger partial charge on any atom is -0.481 e. The molecule has 0 radical (unpaired) electrons. The molecule has 1 saturated heterocycles. The number of hydrogen-bond donors (Lipinski definition) is 1. The molecule has 1 heterocycles. The average molecular weight is 233 g/mol. The second-order valence-corrected chi connectivity index (χ2v) is 4.84. The maximum atomic E-state index is 10.5. The lowest BCUT2D eigenvalue weighted by Gasteiger charge is -2.43. The smallest absolute Gasteiger partial charge is 0.303 e. The van der Waals surface area contributed by atoms with E-state index in [4.69, 9.17) is 5.11 Å². The molecule has 0 saturated carbocycles. The largest absolute Gasteiger partial charge is 0.481 e. The first-order valence-corrected chi connectivity index (χ1v) is 6.17. The summed E-state index contributed by atoms with van der Waals surface area (Å²) in [6.07, 6.45) is 1.12. The number of carboxylic acid groups (broad SMARTS) is 1. The standard InChI is InChI=1S/C14H19NO2/c1-11(13-5-3-2-4-6-13)15-9-12(10-15)7-8-14(16)17/h2-6,11-12H,7-10H2,1H3,(H,16,17). The Morgan fingerprint density at radius 2 is 2.06 bits per heavy atom. The number of aliphatic carboxylic acids is 1. The molecule has 1 aliphatic rings. The van der Waals surface area contributed by atoms with Gasteiger partial charge >= 0.3 is 5.97 Å². The Labute approximate surface area is 102 Å². The van der Waals surface area contributed by atoms with Crippen LogP contribution in [0.4, 0.5) is 0 Å². The summed E-state index contributed by atoms with van der Waals surface area (Å²) in [4.78, 5) is 12.9. The molecule has 3 heteroatoms. The van der Waals surface area contributed by atoms with Crippen LogP contribution in [-0.2, 0) is 4.79 Å². The molecule has 0 spiro atoms. The molecule has 0 amide bonds. The molecule has 1 unspecified atom stereocenters. The van der Waals surface area contributed by atoms with Crippen molar-refractivity contribution in [2.45, 2.75) is 25.8 Å². The van der Waals surface area contributed by atoms with Crippen LogP contribution < -0.4 is 0 Å². The van der Waals surface area contributed by atoms with E-state index in [1.165, 1.54) is 5.56 Å². The normalized spacial score (nSPS) is 18.6. The molecule has 17 heavy (non-hydrogen) atoms. The van der Waals surface area contributed by atoms with Crippen LogP contribution in [0, 0.1) is 5.92 Å². The molecule has 0 aliphatic carbocycles. The number of rotatable bonds is 5. The van der Waals surface area contributed by atoms with Crippen molar-refractivity contribution in [1.29, 1.82) is 0 Å². The van der Waals surface area contributed by atoms with Gasteiger partial charge in [-0.15, -0.1) is 0 Å². The molecular weight excluding hydrogens is 214 g/mol. The van der Waals surface area contributed by atoms with Crippen molar-refractivity contribution in [1.82, 2.24) is 4.90 Å². The highest BCUT2D eigenvalue weighted by Crippen LogP contribution is 2.30. The second-order valence-electron chi connectivity index (χ2n) is 4.84. The topological polar surface area (TPSA) is 40.5 Å². The molecule has 1 aliphatic heterocycles. The fourth-order valence-corrected chi connectivity index (χ4v) is 2.38. The van der Waals surface area contributed by atoms with Gasteiger partial charge in [-0.2, -0.15) is 0 Å². The molecule has 1 atom stereocenters. The fraction of sp³-hybridized carbons (Fsp3) is 0.500. The van der Waals surface area contributed by atoms with E-state index < -0.39 is 5.97 Å². The summed E-state index contributed by atoms with van der Waals surface area (Å²) in [5.74, 6) is -0.114. The van der Waals surface area contributed by atoms with Crippen LogP contribution >= 0.6 is 0 Å². The Bertz CT molecular complexity index is 371. The van der Waals surface area contributed by atoms with E-state index in [0.717, 1.165) is 19.5 Å². The molecule has 1 aromatic rings. The van der Waals surface area contributed by atoms with Crippen LogP contribution in [0.15, 0.2) is 30.3 Å². The second kappa shape index (κ2) is 5.32. The van der Waals surface area contributed by atoms with Crippen molar-refractivity contribution in [3.05, 3.63) is 35.9 Å². The average Bonchev–Trinajstić information content (AvgIpc) is 2.27. The van der Waals surface area contributed by atoms with E-state index in [1.807, 2.05) is 6.07 Å². The zero-order chi connectivity index (χ0) is 12.3. The maximum Gasteiger partial charge on any atom is 0.303 e. The zero-order valence-corrected chi connectivity index (χ0v) is 10.2. The summed E-state index contributed by atoms with van der Waals surface area (Å²) in [5.41, 5.74) is 1.34. The van der Waals surface area contributed by atoms with Gasteiger partial charge in [0, 0.05) is 25.6 Å². The van der Waals surface area contributed by atoms with Gasteiger partial charge in [0.2, 0.25) is 0 Å². The van der Waals surface area contributed by atoms with Gasteiger partial charge in [0.15, 0.2) is 0 Å². The van der Waals surface area contributed by atoms with Crippen molar-refractivity contribution in [3.8, 4) is 0 Å². The van der Waals surface area contributed by atoms with Crippen LogP contribution in [0.25, 0.3) is 0 Å². The highest BCUT2D eigenvalue weighted by atomic mass is 16.4. The number of likely N-dealkylation sites (tertiary alicyclic amines) is 1. The summed E-state index contributed by atoms with van der Waals surface area (Å²) < 4.78 is 0. The SMILES string of the molecule is CC(c1ccccc1)N1CC(CCC(=O)O)C1. The Hall–Kier alpha value is -1.35. The van der Waals surface area contributed by atoms with Crippen molar-refractivity contribution in [2.75, 3.05) is 13.1 Å².